The molecule has 3 atom stereocenters. The van der Waals surface area contributed by atoms with E-state index in [0.717, 1.165) is 0 Å². The minimum absolute atomic E-state index is 0. The van der Waals surface area contributed by atoms with Gasteiger partial charge in [0.05, 0.1) is 24.3 Å². The topological polar surface area (TPSA) is 129 Å². The average molecular weight is 361 g/mol. The molecular formula is C13H12N3NaO6S. The van der Waals surface area contributed by atoms with E-state index < -0.39 is 39.5 Å². The van der Waals surface area contributed by atoms with Gasteiger partial charge in [-0.1, -0.05) is 0 Å². The van der Waals surface area contributed by atoms with Gasteiger partial charge in [0.2, 0.25) is 0 Å². The minimum atomic E-state index is -1.29. The quantitative estimate of drug-likeness (QED) is 0.181. The van der Waals surface area contributed by atoms with E-state index in [1.807, 2.05) is 0 Å². The zero-order chi connectivity index (χ0) is 16.9. The Hall–Kier alpha value is -1.36. The Balaban J connectivity index is 0.00000208. The number of carbonyl (C=O) groups is 2. The van der Waals surface area contributed by atoms with Crippen molar-refractivity contribution in [3.63, 3.8) is 0 Å². The molecule has 0 bridgehead atoms. The van der Waals surface area contributed by atoms with Gasteiger partial charge < -0.3 is 19.2 Å². The van der Waals surface area contributed by atoms with Crippen molar-refractivity contribution in [2.75, 3.05) is 0 Å². The molecule has 0 saturated carbocycles. The van der Waals surface area contributed by atoms with E-state index in [0.29, 0.717) is 0 Å². The van der Waals surface area contributed by atoms with Crippen LogP contribution in [-0.4, -0.2) is 50.1 Å². The molecule has 1 aromatic rings. The van der Waals surface area contributed by atoms with E-state index in [4.69, 9.17) is 4.42 Å². The standard InChI is InChI=1S/C13H13N3O6S.Na/c1-13(2)9(12(18)19)15-10(17)8(11(15)23-13)14-5-6-3-4-7(22-6)16(20)21;/h3-5,8-9,11H,1-2H3,(H,18,19);/q;+1/p-1. The maximum absolute atomic E-state index is 12.1. The predicted molar refractivity (Wildman–Crippen MR) is 77.8 cm³/mol. The number of thioether (sulfide) groups is 1. The number of nitro groups is 1. The average Bonchev–Trinajstić information content (AvgIpc) is 3.00. The van der Waals surface area contributed by atoms with Crippen molar-refractivity contribution < 1.29 is 53.6 Å². The van der Waals surface area contributed by atoms with Crippen LogP contribution in [0.4, 0.5) is 5.88 Å². The maximum Gasteiger partial charge on any atom is 1.00 e. The molecule has 9 nitrogen and oxygen atoms in total. The molecule has 1 amide bonds. The van der Waals surface area contributed by atoms with Crippen molar-refractivity contribution in [2.24, 2.45) is 4.99 Å². The van der Waals surface area contributed by atoms with Crippen molar-refractivity contribution in [1.29, 1.82) is 0 Å². The number of β-lactam (4-membered cyclic amide) rings is 1. The van der Waals surface area contributed by atoms with Gasteiger partial charge in [0.1, 0.15) is 10.3 Å². The second-order valence-corrected chi connectivity index (χ2v) is 7.51. The van der Waals surface area contributed by atoms with Gasteiger partial charge in [-0.25, -0.2) is 0 Å². The fourth-order valence-corrected chi connectivity index (χ4v) is 4.39. The molecule has 1 aromatic heterocycles. The summed E-state index contributed by atoms with van der Waals surface area (Å²) in [7, 11) is 0. The first-order valence-corrected chi connectivity index (χ1v) is 7.58. The van der Waals surface area contributed by atoms with Gasteiger partial charge in [-0.2, -0.15) is 0 Å². The van der Waals surface area contributed by atoms with E-state index in [2.05, 4.69) is 4.99 Å². The first-order chi connectivity index (χ1) is 10.7. The molecule has 0 N–H and O–H groups in total. The third kappa shape index (κ3) is 2.99. The Labute approximate surface area is 162 Å². The normalized spacial score (nSPS) is 27.5. The number of carboxylic acids is 1. The number of hydrogen-bond acceptors (Lipinski definition) is 8. The van der Waals surface area contributed by atoms with Crippen LogP contribution in [0.15, 0.2) is 21.5 Å². The van der Waals surface area contributed by atoms with Crippen molar-refractivity contribution in [1.82, 2.24) is 4.90 Å². The first kappa shape index (κ1) is 19.0. The number of hydrogen-bond donors (Lipinski definition) is 0. The Morgan fingerprint density at radius 1 is 1.50 bits per heavy atom. The second-order valence-electron chi connectivity index (χ2n) is 5.74. The molecule has 11 heteroatoms. The number of rotatable bonds is 4. The Kier molecular flexibility index (Phi) is 5.14. The molecule has 2 aliphatic rings. The van der Waals surface area contributed by atoms with Gasteiger partial charge in [0.15, 0.2) is 11.8 Å². The number of carboxylic acid groups (broad SMARTS) is 1. The van der Waals surface area contributed by atoms with Crippen LogP contribution >= 0.6 is 11.8 Å². The molecule has 0 radical (unpaired) electrons. The van der Waals surface area contributed by atoms with Gasteiger partial charge >= 0.3 is 35.4 Å². The van der Waals surface area contributed by atoms with Gasteiger partial charge in [0, 0.05) is 4.75 Å². The summed E-state index contributed by atoms with van der Waals surface area (Å²) in [4.78, 5) is 38.6. The Morgan fingerprint density at radius 2 is 2.17 bits per heavy atom. The van der Waals surface area contributed by atoms with Crippen LogP contribution in [0, 0.1) is 10.1 Å². The Bertz CT molecular complexity index is 733. The van der Waals surface area contributed by atoms with Crippen LogP contribution in [0.25, 0.3) is 0 Å². The zero-order valence-corrected chi connectivity index (χ0v) is 16.0. The van der Waals surface area contributed by atoms with Crippen molar-refractivity contribution in [2.45, 2.75) is 36.1 Å². The minimum Gasteiger partial charge on any atom is -0.548 e. The zero-order valence-electron chi connectivity index (χ0n) is 13.2. The van der Waals surface area contributed by atoms with Gasteiger partial charge in [-0.3, -0.25) is 19.9 Å². The van der Waals surface area contributed by atoms with Crippen molar-refractivity contribution >= 4 is 35.7 Å². The first-order valence-electron chi connectivity index (χ1n) is 6.70. The number of furan rings is 1. The summed E-state index contributed by atoms with van der Waals surface area (Å²) < 4.78 is 4.25. The monoisotopic (exact) mass is 361 g/mol. The number of amides is 1. The smallest absolute Gasteiger partial charge is 0.548 e. The Morgan fingerprint density at radius 3 is 2.71 bits per heavy atom. The molecular weight excluding hydrogens is 349 g/mol. The summed E-state index contributed by atoms with van der Waals surface area (Å²) in [6.45, 7) is 3.47. The molecule has 2 fully saturated rings. The number of aliphatic carboxylic acids is 1. The van der Waals surface area contributed by atoms with E-state index in [9.17, 15) is 24.8 Å². The summed E-state index contributed by atoms with van der Waals surface area (Å²) >= 11 is 1.34. The molecule has 2 aliphatic heterocycles. The number of aliphatic imine (C=N–C) groups is 1. The summed E-state index contributed by atoms with van der Waals surface area (Å²) in [5.41, 5.74) is 0. The van der Waals surface area contributed by atoms with Crippen LogP contribution in [0.5, 0.6) is 0 Å². The van der Waals surface area contributed by atoms with E-state index >= 15 is 0 Å². The predicted octanol–water partition coefficient (Wildman–Crippen LogP) is -3.21. The number of nitrogens with zero attached hydrogens (tertiary/aromatic N) is 3. The van der Waals surface area contributed by atoms with Crippen LogP contribution < -0.4 is 34.7 Å². The van der Waals surface area contributed by atoms with Gasteiger partial charge in [-0.05, 0) is 19.9 Å². The second kappa shape index (κ2) is 6.51. The maximum atomic E-state index is 12.1. The fourth-order valence-electron chi connectivity index (χ4n) is 2.77. The summed E-state index contributed by atoms with van der Waals surface area (Å²) in [5, 5.41) is 21.4. The van der Waals surface area contributed by atoms with Gasteiger partial charge in [-0.15, -0.1) is 11.8 Å². The summed E-state index contributed by atoms with van der Waals surface area (Å²) in [6, 6.07) is 0.836. The number of fused-ring (bicyclic) bond motifs is 1. The molecule has 24 heavy (non-hydrogen) atoms. The van der Waals surface area contributed by atoms with Gasteiger partial charge in [0.25, 0.3) is 5.91 Å². The molecule has 3 heterocycles. The molecule has 3 rings (SSSR count). The SMILES string of the molecule is CC1(C)SC2C(N=Cc3ccc([N+](=O)[O-])o3)C(=O)N2C1C(=O)[O-].[Na+]. The van der Waals surface area contributed by atoms with E-state index in [1.54, 1.807) is 13.8 Å². The molecule has 3 unspecified atom stereocenters. The molecule has 122 valence electrons. The molecule has 0 aromatic carbocycles. The largest absolute Gasteiger partial charge is 1.00 e. The molecule has 0 aliphatic carbocycles. The van der Waals surface area contributed by atoms with Crippen LogP contribution in [-0.2, 0) is 9.59 Å². The summed E-state index contributed by atoms with van der Waals surface area (Å²) in [6.07, 6.45) is 1.24. The van der Waals surface area contributed by atoms with Crippen LogP contribution in [0.1, 0.15) is 19.6 Å². The van der Waals surface area contributed by atoms with Crippen LogP contribution in [0.2, 0.25) is 0 Å². The van der Waals surface area contributed by atoms with Crippen molar-refractivity contribution in [3.8, 4) is 0 Å². The van der Waals surface area contributed by atoms with E-state index in [-0.39, 0.29) is 40.7 Å². The number of carbonyl (C=O) groups excluding carboxylic acids is 2. The van der Waals surface area contributed by atoms with Crippen molar-refractivity contribution in [3.05, 3.63) is 28.0 Å². The summed E-state index contributed by atoms with van der Waals surface area (Å²) in [5.74, 6) is -1.95. The fraction of sp³-hybridized carbons (Fsp3) is 0.462. The van der Waals surface area contributed by atoms with E-state index in [1.165, 1.54) is 35.0 Å². The molecule has 2 saturated heterocycles. The third-order valence-corrected chi connectivity index (χ3v) is 5.35. The molecule has 0 spiro atoms. The third-order valence-electron chi connectivity index (χ3n) is 3.79. The van der Waals surface area contributed by atoms with Crippen LogP contribution in [0.3, 0.4) is 0 Å².